The number of amides is 2. The monoisotopic (exact) mass is 368 g/mol. The highest BCUT2D eigenvalue weighted by Crippen LogP contribution is 2.43. The highest BCUT2D eigenvalue weighted by molar-refractivity contribution is 6.34. The Kier molecular flexibility index (Phi) is 4.92. The van der Waals surface area contributed by atoms with Crippen molar-refractivity contribution in [3.05, 3.63) is 33.8 Å². The van der Waals surface area contributed by atoms with Crippen LogP contribution in [0, 0.1) is 5.92 Å². The molecule has 1 fully saturated rings. The van der Waals surface area contributed by atoms with Crippen LogP contribution in [0.4, 0.5) is 4.79 Å². The zero-order chi connectivity index (χ0) is 17.4. The van der Waals surface area contributed by atoms with Gasteiger partial charge in [0, 0.05) is 16.1 Å². The molecule has 1 aromatic rings. The zero-order valence-corrected chi connectivity index (χ0v) is 15.4. The molecule has 7 heteroatoms. The standard InChI is InChI=1S/C17H22Cl2N4O/c1-8(2)20-17(24)23-16-21-14-7-13(9(3)15(14)22-16)10-4-11(18)6-12(19)5-10/h4-6,8-9,13-15H,7H2,1-3H3,(H3,20,21,22,23,24)/t9-,13-,14?,15?/m0/s1. The van der Waals surface area contributed by atoms with Crippen LogP contribution >= 0.6 is 23.2 Å². The molecule has 130 valence electrons. The van der Waals surface area contributed by atoms with Crippen molar-refractivity contribution in [3.8, 4) is 0 Å². The zero-order valence-electron chi connectivity index (χ0n) is 13.9. The Labute approximate surface area is 152 Å². The molecular formula is C17H22Cl2N4O. The molecule has 0 saturated heterocycles. The molecular weight excluding hydrogens is 347 g/mol. The average molecular weight is 369 g/mol. The van der Waals surface area contributed by atoms with Crippen LogP contribution in [0.1, 0.15) is 38.7 Å². The number of hydrogen-bond acceptors (Lipinski definition) is 3. The fourth-order valence-corrected chi connectivity index (χ4v) is 4.19. The Morgan fingerprint density at radius 3 is 2.54 bits per heavy atom. The smallest absolute Gasteiger partial charge is 0.321 e. The third-order valence-electron chi connectivity index (χ3n) is 4.66. The number of guanidine groups is 1. The number of nitrogens with zero attached hydrogens (tertiary/aromatic N) is 1. The van der Waals surface area contributed by atoms with E-state index in [9.17, 15) is 4.79 Å². The first-order chi connectivity index (χ1) is 11.3. The Hall–Kier alpha value is -1.46. The van der Waals surface area contributed by atoms with Gasteiger partial charge in [0.05, 0.1) is 12.1 Å². The van der Waals surface area contributed by atoms with Crippen molar-refractivity contribution < 1.29 is 4.79 Å². The van der Waals surface area contributed by atoms with Crippen molar-refractivity contribution in [3.63, 3.8) is 0 Å². The summed E-state index contributed by atoms with van der Waals surface area (Å²) in [5, 5.41) is 10.2. The lowest BCUT2D eigenvalue weighted by Crippen LogP contribution is -2.47. The lowest BCUT2D eigenvalue weighted by molar-refractivity contribution is 0.243. The second-order valence-electron chi connectivity index (χ2n) is 6.88. The quantitative estimate of drug-likeness (QED) is 0.747. The van der Waals surface area contributed by atoms with Gasteiger partial charge in [-0.05, 0) is 55.9 Å². The molecule has 0 spiro atoms. The first-order valence-electron chi connectivity index (χ1n) is 8.21. The number of carbonyl (C=O) groups excluding carboxylic acids is 1. The molecule has 0 radical (unpaired) electrons. The third-order valence-corrected chi connectivity index (χ3v) is 5.09. The van der Waals surface area contributed by atoms with Gasteiger partial charge in [-0.3, -0.25) is 5.32 Å². The van der Waals surface area contributed by atoms with Crippen molar-refractivity contribution in [2.75, 3.05) is 0 Å². The largest absolute Gasteiger partial charge is 0.351 e. The number of rotatable bonds is 2. The first kappa shape index (κ1) is 17.4. The Bertz CT molecular complexity index is 656. The summed E-state index contributed by atoms with van der Waals surface area (Å²) in [5.41, 5.74) is 1.15. The molecule has 3 rings (SSSR count). The fourth-order valence-electron chi connectivity index (χ4n) is 3.65. The van der Waals surface area contributed by atoms with Crippen LogP contribution in [-0.4, -0.2) is 30.1 Å². The SMILES string of the molecule is CC(C)NC(=O)NC1=NC2C(C[C@H](c3cc(Cl)cc(Cl)c3)[C@@H]2C)N1. The summed E-state index contributed by atoms with van der Waals surface area (Å²) in [4.78, 5) is 16.5. The van der Waals surface area contributed by atoms with Gasteiger partial charge < -0.3 is 10.6 Å². The Morgan fingerprint density at radius 1 is 1.29 bits per heavy atom. The molecule has 1 aliphatic carbocycles. The normalized spacial score (nSPS) is 28.3. The van der Waals surface area contributed by atoms with E-state index in [1.807, 2.05) is 26.0 Å². The number of fused-ring (bicyclic) bond motifs is 1. The predicted octanol–water partition coefficient (Wildman–Crippen LogP) is 3.52. The van der Waals surface area contributed by atoms with E-state index in [4.69, 9.17) is 23.2 Å². The van der Waals surface area contributed by atoms with Crippen LogP contribution in [-0.2, 0) is 0 Å². The molecule has 0 aromatic heterocycles. The number of urea groups is 1. The lowest BCUT2D eigenvalue weighted by atomic mass is 9.89. The van der Waals surface area contributed by atoms with Crippen molar-refractivity contribution in [1.29, 1.82) is 0 Å². The summed E-state index contributed by atoms with van der Waals surface area (Å²) in [6, 6.07) is 5.92. The van der Waals surface area contributed by atoms with E-state index in [2.05, 4.69) is 27.9 Å². The molecule has 2 unspecified atom stereocenters. The van der Waals surface area contributed by atoms with Crippen molar-refractivity contribution in [2.45, 2.75) is 51.2 Å². The van der Waals surface area contributed by atoms with Crippen LogP contribution in [0.3, 0.4) is 0 Å². The third kappa shape index (κ3) is 3.62. The summed E-state index contributed by atoms with van der Waals surface area (Å²) in [7, 11) is 0. The summed E-state index contributed by atoms with van der Waals surface area (Å²) in [6.07, 6.45) is 0.934. The fraction of sp³-hybridized carbons (Fsp3) is 0.529. The molecule has 1 saturated carbocycles. The average Bonchev–Trinajstić information content (AvgIpc) is 2.96. The van der Waals surface area contributed by atoms with E-state index in [1.54, 1.807) is 6.07 Å². The predicted molar refractivity (Wildman–Crippen MR) is 97.9 cm³/mol. The van der Waals surface area contributed by atoms with E-state index in [0.29, 0.717) is 27.8 Å². The topological polar surface area (TPSA) is 65.5 Å². The van der Waals surface area contributed by atoms with Gasteiger partial charge in [0.1, 0.15) is 0 Å². The lowest BCUT2D eigenvalue weighted by Gasteiger charge is -2.19. The maximum absolute atomic E-state index is 11.8. The minimum Gasteiger partial charge on any atom is -0.351 e. The second-order valence-corrected chi connectivity index (χ2v) is 7.75. The van der Waals surface area contributed by atoms with Gasteiger partial charge in [-0.1, -0.05) is 30.1 Å². The van der Waals surface area contributed by atoms with Crippen LogP contribution in [0.15, 0.2) is 23.2 Å². The molecule has 5 nitrogen and oxygen atoms in total. The molecule has 4 atom stereocenters. The summed E-state index contributed by atoms with van der Waals surface area (Å²) >= 11 is 12.3. The number of aliphatic imine (C=N–C) groups is 1. The number of benzene rings is 1. The van der Waals surface area contributed by atoms with E-state index >= 15 is 0 Å². The Morgan fingerprint density at radius 2 is 1.96 bits per heavy atom. The van der Waals surface area contributed by atoms with Crippen molar-refractivity contribution in [2.24, 2.45) is 10.9 Å². The summed E-state index contributed by atoms with van der Waals surface area (Å²) < 4.78 is 0. The van der Waals surface area contributed by atoms with Gasteiger partial charge in [-0.2, -0.15) is 0 Å². The van der Waals surface area contributed by atoms with E-state index in [1.165, 1.54) is 0 Å². The van der Waals surface area contributed by atoms with Gasteiger partial charge in [-0.25, -0.2) is 9.79 Å². The molecule has 0 bridgehead atoms. The van der Waals surface area contributed by atoms with Crippen molar-refractivity contribution in [1.82, 2.24) is 16.0 Å². The molecule has 2 aliphatic rings. The van der Waals surface area contributed by atoms with Crippen LogP contribution in [0.5, 0.6) is 0 Å². The second kappa shape index (κ2) is 6.81. The van der Waals surface area contributed by atoms with Crippen LogP contribution < -0.4 is 16.0 Å². The highest BCUT2D eigenvalue weighted by Gasteiger charge is 2.45. The Balaban J connectivity index is 1.70. The van der Waals surface area contributed by atoms with Gasteiger partial charge in [0.25, 0.3) is 0 Å². The van der Waals surface area contributed by atoms with E-state index in [-0.39, 0.29) is 24.2 Å². The van der Waals surface area contributed by atoms with Gasteiger partial charge >= 0.3 is 6.03 Å². The minimum absolute atomic E-state index is 0.0855. The van der Waals surface area contributed by atoms with Gasteiger partial charge in [0.15, 0.2) is 5.96 Å². The van der Waals surface area contributed by atoms with Gasteiger partial charge in [0.2, 0.25) is 0 Å². The minimum atomic E-state index is -0.234. The number of carbonyl (C=O) groups is 1. The molecule has 1 aliphatic heterocycles. The summed E-state index contributed by atoms with van der Waals surface area (Å²) in [5.74, 6) is 1.24. The van der Waals surface area contributed by atoms with E-state index < -0.39 is 0 Å². The molecule has 1 heterocycles. The number of hydrogen-bond donors (Lipinski definition) is 3. The number of nitrogens with one attached hydrogen (secondary N) is 3. The van der Waals surface area contributed by atoms with Crippen LogP contribution in [0.25, 0.3) is 0 Å². The maximum atomic E-state index is 11.8. The maximum Gasteiger partial charge on any atom is 0.321 e. The van der Waals surface area contributed by atoms with Crippen molar-refractivity contribution >= 4 is 35.2 Å². The van der Waals surface area contributed by atoms with E-state index in [0.717, 1.165) is 12.0 Å². The molecule has 1 aromatic carbocycles. The van der Waals surface area contributed by atoms with Gasteiger partial charge in [-0.15, -0.1) is 0 Å². The molecule has 24 heavy (non-hydrogen) atoms. The molecule has 2 amide bonds. The first-order valence-corrected chi connectivity index (χ1v) is 8.97. The highest BCUT2D eigenvalue weighted by atomic mass is 35.5. The number of halogens is 2. The van der Waals surface area contributed by atoms with Crippen LogP contribution in [0.2, 0.25) is 10.0 Å². The summed E-state index contributed by atoms with van der Waals surface area (Å²) in [6.45, 7) is 6.02. The molecule has 3 N–H and O–H groups in total.